The van der Waals surface area contributed by atoms with Crippen molar-refractivity contribution in [1.82, 2.24) is 24.9 Å². The molecule has 2 aromatic rings. The number of amides is 2. The Hall–Kier alpha value is -2.67. The predicted octanol–water partition coefficient (Wildman–Crippen LogP) is 2.24. The number of aryl methyl sites for hydroxylation is 2. The molecule has 1 N–H and O–H groups in total. The molecule has 7 heteroatoms. The Labute approximate surface area is 184 Å². The van der Waals surface area contributed by atoms with Crippen molar-refractivity contribution in [3.05, 3.63) is 52.8 Å². The Kier molecular flexibility index (Phi) is 6.70. The number of nitrogens with one attached hydrogen (secondary N) is 1. The van der Waals surface area contributed by atoms with Crippen LogP contribution < -0.4 is 5.32 Å². The number of carbonyl (C=O) groups excluding carboxylic acids is 2. The number of hydrogen-bond donors (Lipinski definition) is 1. The van der Waals surface area contributed by atoms with Crippen LogP contribution in [0.3, 0.4) is 0 Å². The molecule has 0 radical (unpaired) electrons. The molecule has 4 rings (SSSR count). The summed E-state index contributed by atoms with van der Waals surface area (Å²) in [6.07, 6.45) is 3.23. The highest BCUT2D eigenvalue weighted by molar-refractivity contribution is 5.94. The quantitative estimate of drug-likeness (QED) is 0.774. The van der Waals surface area contributed by atoms with Gasteiger partial charge in [0.2, 0.25) is 5.91 Å². The maximum absolute atomic E-state index is 13.5. The van der Waals surface area contributed by atoms with E-state index in [0.29, 0.717) is 37.8 Å². The van der Waals surface area contributed by atoms with Crippen LogP contribution in [0.4, 0.5) is 0 Å². The SMILES string of the molecule is CC[C@H](C)N1CCc2c(c(C(=O)N3CCNC(=O)CC3)nn2CCc2ccccc2)C1. The summed E-state index contributed by atoms with van der Waals surface area (Å²) in [4.78, 5) is 29.4. The lowest BCUT2D eigenvalue weighted by Crippen LogP contribution is -2.39. The van der Waals surface area contributed by atoms with Crippen LogP contribution in [0.15, 0.2) is 30.3 Å². The summed E-state index contributed by atoms with van der Waals surface area (Å²) in [5.74, 6) is -0.0362. The van der Waals surface area contributed by atoms with Crippen LogP contribution >= 0.6 is 0 Å². The number of aromatic nitrogens is 2. The molecule has 1 fully saturated rings. The van der Waals surface area contributed by atoms with Crippen molar-refractivity contribution in [3.63, 3.8) is 0 Å². The number of nitrogens with zero attached hydrogens (tertiary/aromatic N) is 4. The summed E-state index contributed by atoms with van der Waals surface area (Å²) in [5, 5.41) is 7.69. The summed E-state index contributed by atoms with van der Waals surface area (Å²) >= 11 is 0. The Balaban J connectivity index is 1.61. The third-order valence-electron chi connectivity index (χ3n) is 6.64. The Bertz CT molecular complexity index is 924. The zero-order valence-electron chi connectivity index (χ0n) is 18.6. The zero-order chi connectivity index (χ0) is 21.8. The summed E-state index contributed by atoms with van der Waals surface area (Å²) in [7, 11) is 0. The first-order chi connectivity index (χ1) is 15.1. The fourth-order valence-electron chi connectivity index (χ4n) is 4.50. The van der Waals surface area contributed by atoms with Crippen molar-refractivity contribution in [2.45, 2.75) is 58.7 Å². The van der Waals surface area contributed by atoms with E-state index in [1.54, 1.807) is 4.90 Å². The van der Waals surface area contributed by atoms with E-state index in [4.69, 9.17) is 5.10 Å². The topological polar surface area (TPSA) is 70.5 Å². The van der Waals surface area contributed by atoms with Crippen LogP contribution in [-0.2, 0) is 30.7 Å². The predicted molar refractivity (Wildman–Crippen MR) is 120 cm³/mol. The Morgan fingerprint density at radius 3 is 2.74 bits per heavy atom. The van der Waals surface area contributed by atoms with Gasteiger partial charge in [-0.1, -0.05) is 37.3 Å². The van der Waals surface area contributed by atoms with Crippen LogP contribution in [-0.4, -0.2) is 63.6 Å². The van der Waals surface area contributed by atoms with E-state index in [1.807, 2.05) is 6.07 Å². The van der Waals surface area contributed by atoms with Crippen molar-refractivity contribution in [2.24, 2.45) is 0 Å². The molecule has 166 valence electrons. The standard InChI is InChI=1S/C24H33N5O2/c1-3-18(2)28-13-10-21-20(17-28)23(24(31)27-14-11-22(30)25-12-16-27)26-29(21)15-9-19-7-5-4-6-8-19/h4-8,18H,3,9-17H2,1-2H3,(H,25,30)/t18-/m0/s1. The molecule has 0 aliphatic carbocycles. The van der Waals surface area contributed by atoms with Crippen molar-refractivity contribution < 1.29 is 9.59 Å². The molecule has 0 spiro atoms. The van der Waals surface area contributed by atoms with E-state index in [2.05, 4.69) is 53.0 Å². The largest absolute Gasteiger partial charge is 0.354 e. The van der Waals surface area contributed by atoms with E-state index in [9.17, 15) is 9.59 Å². The number of benzene rings is 1. The molecule has 2 amide bonds. The Morgan fingerprint density at radius 2 is 1.97 bits per heavy atom. The number of hydrogen-bond acceptors (Lipinski definition) is 4. The molecule has 1 atom stereocenters. The molecule has 0 bridgehead atoms. The highest BCUT2D eigenvalue weighted by Gasteiger charge is 2.32. The van der Waals surface area contributed by atoms with Gasteiger partial charge in [-0.2, -0.15) is 5.10 Å². The molecule has 7 nitrogen and oxygen atoms in total. The van der Waals surface area contributed by atoms with Gasteiger partial charge in [0.05, 0.1) is 0 Å². The fourth-order valence-corrected chi connectivity index (χ4v) is 4.50. The monoisotopic (exact) mass is 423 g/mol. The van der Waals surface area contributed by atoms with Gasteiger partial charge in [0, 0.05) is 69.4 Å². The van der Waals surface area contributed by atoms with Gasteiger partial charge in [0.25, 0.3) is 5.91 Å². The van der Waals surface area contributed by atoms with Crippen molar-refractivity contribution in [2.75, 3.05) is 26.2 Å². The summed E-state index contributed by atoms with van der Waals surface area (Å²) < 4.78 is 2.06. The molecule has 2 aliphatic rings. The molecule has 3 heterocycles. The molecule has 2 aliphatic heterocycles. The molecule has 1 saturated heterocycles. The smallest absolute Gasteiger partial charge is 0.274 e. The van der Waals surface area contributed by atoms with E-state index in [-0.39, 0.29) is 11.8 Å². The number of rotatable bonds is 6. The molecule has 0 saturated carbocycles. The third kappa shape index (κ3) is 4.82. The van der Waals surface area contributed by atoms with E-state index >= 15 is 0 Å². The van der Waals surface area contributed by atoms with Gasteiger partial charge < -0.3 is 10.2 Å². The van der Waals surface area contributed by atoms with Gasteiger partial charge in [-0.05, 0) is 25.3 Å². The Morgan fingerprint density at radius 1 is 1.16 bits per heavy atom. The van der Waals surface area contributed by atoms with Crippen molar-refractivity contribution in [3.8, 4) is 0 Å². The maximum atomic E-state index is 13.5. The average Bonchev–Trinajstić information content (AvgIpc) is 3.02. The van der Waals surface area contributed by atoms with Gasteiger partial charge in [-0.25, -0.2) is 0 Å². The van der Waals surface area contributed by atoms with Gasteiger partial charge in [-0.3, -0.25) is 19.2 Å². The van der Waals surface area contributed by atoms with E-state index in [0.717, 1.165) is 44.5 Å². The first-order valence-electron chi connectivity index (χ1n) is 11.5. The van der Waals surface area contributed by atoms with Crippen LogP contribution in [0, 0.1) is 0 Å². The second-order valence-electron chi connectivity index (χ2n) is 8.60. The lowest BCUT2D eigenvalue weighted by molar-refractivity contribution is -0.120. The van der Waals surface area contributed by atoms with E-state index in [1.165, 1.54) is 11.3 Å². The zero-order valence-corrected chi connectivity index (χ0v) is 18.6. The second kappa shape index (κ2) is 9.64. The van der Waals surface area contributed by atoms with Crippen LogP contribution in [0.2, 0.25) is 0 Å². The minimum atomic E-state index is -0.0442. The molecule has 0 unspecified atom stereocenters. The molecular formula is C24H33N5O2. The number of fused-ring (bicyclic) bond motifs is 1. The highest BCUT2D eigenvalue weighted by atomic mass is 16.2. The number of carbonyl (C=O) groups is 2. The summed E-state index contributed by atoms with van der Waals surface area (Å²) in [6, 6.07) is 10.9. The normalized spacial score (nSPS) is 18.3. The second-order valence-corrected chi connectivity index (χ2v) is 8.60. The van der Waals surface area contributed by atoms with Gasteiger partial charge >= 0.3 is 0 Å². The lowest BCUT2D eigenvalue weighted by Gasteiger charge is -2.32. The van der Waals surface area contributed by atoms with E-state index < -0.39 is 0 Å². The van der Waals surface area contributed by atoms with Crippen LogP contribution in [0.1, 0.15) is 54.0 Å². The lowest BCUT2D eigenvalue weighted by atomic mass is 10.0. The van der Waals surface area contributed by atoms with Crippen molar-refractivity contribution >= 4 is 11.8 Å². The van der Waals surface area contributed by atoms with Crippen LogP contribution in [0.25, 0.3) is 0 Å². The third-order valence-corrected chi connectivity index (χ3v) is 6.64. The first kappa shape index (κ1) is 21.6. The molecule has 31 heavy (non-hydrogen) atoms. The summed E-state index contributed by atoms with van der Waals surface area (Å²) in [5.41, 5.74) is 4.12. The minimum absolute atomic E-state index is 0.00802. The average molecular weight is 424 g/mol. The minimum Gasteiger partial charge on any atom is -0.354 e. The molecule has 1 aromatic heterocycles. The van der Waals surface area contributed by atoms with Crippen molar-refractivity contribution in [1.29, 1.82) is 0 Å². The fraction of sp³-hybridized carbons (Fsp3) is 0.542. The first-order valence-corrected chi connectivity index (χ1v) is 11.5. The van der Waals surface area contributed by atoms with Gasteiger partial charge in [0.15, 0.2) is 5.69 Å². The van der Waals surface area contributed by atoms with Crippen LogP contribution in [0.5, 0.6) is 0 Å². The molecule has 1 aromatic carbocycles. The van der Waals surface area contributed by atoms with Gasteiger partial charge in [0.1, 0.15) is 0 Å². The molecular weight excluding hydrogens is 390 g/mol. The highest BCUT2D eigenvalue weighted by Crippen LogP contribution is 2.26. The summed E-state index contributed by atoms with van der Waals surface area (Å²) in [6.45, 7) is 8.46. The maximum Gasteiger partial charge on any atom is 0.274 e. The van der Waals surface area contributed by atoms with Gasteiger partial charge in [-0.15, -0.1) is 0 Å².